The second kappa shape index (κ2) is 6.60. The fourth-order valence-electron chi connectivity index (χ4n) is 1.47. The van der Waals surface area contributed by atoms with Gasteiger partial charge in [0.2, 0.25) is 0 Å². The fourth-order valence-corrected chi connectivity index (χ4v) is 1.47. The topological polar surface area (TPSA) is 40.7 Å². The van der Waals surface area contributed by atoms with Crippen molar-refractivity contribution in [3.63, 3.8) is 0 Å². The predicted molar refractivity (Wildman–Crippen MR) is 59.0 cm³/mol. The Hall–Kier alpha value is -0.830. The maximum absolute atomic E-state index is 3.91. The van der Waals surface area contributed by atoms with Crippen LogP contribution in [0, 0.1) is 0 Å². The van der Waals surface area contributed by atoms with Gasteiger partial charge in [-0.05, 0) is 19.4 Å². The molecule has 80 valence electrons. The summed E-state index contributed by atoms with van der Waals surface area (Å²) in [5.41, 5.74) is 1.16. The number of unbranched alkanes of at least 4 members (excludes halogenated alkanes) is 2. The van der Waals surface area contributed by atoms with E-state index >= 15 is 0 Å². The second-order valence-electron chi connectivity index (χ2n) is 3.86. The van der Waals surface area contributed by atoms with E-state index in [-0.39, 0.29) is 0 Å². The number of H-pyrrole nitrogens is 1. The van der Waals surface area contributed by atoms with Crippen LogP contribution in [0.5, 0.6) is 0 Å². The van der Waals surface area contributed by atoms with Gasteiger partial charge in [0, 0.05) is 24.5 Å². The molecule has 1 heterocycles. The lowest BCUT2D eigenvalue weighted by Crippen LogP contribution is -2.25. The minimum Gasteiger partial charge on any atom is -0.309 e. The molecular weight excluding hydrogens is 174 g/mol. The number of rotatable bonds is 7. The third kappa shape index (κ3) is 4.42. The number of aromatic amines is 1. The van der Waals surface area contributed by atoms with E-state index in [1.165, 1.54) is 25.7 Å². The van der Waals surface area contributed by atoms with E-state index in [1.54, 1.807) is 6.20 Å². The van der Waals surface area contributed by atoms with E-state index < -0.39 is 0 Å². The Bertz CT molecular complexity index is 218. The van der Waals surface area contributed by atoms with Crippen molar-refractivity contribution < 1.29 is 0 Å². The van der Waals surface area contributed by atoms with Crippen molar-refractivity contribution in [2.24, 2.45) is 0 Å². The summed E-state index contributed by atoms with van der Waals surface area (Å²) in [4.78, 5) is 0. The van der Waals surface area contributed by atoms with Crippen LogP contribution in [0.25, 0.3) is 0 Å². The first-order valence-corrected chi connectivity index (χ1v) is 5.54. The summed E-state index contributed by atoms with van der Waals surface area (Å²) in [6.07, 6.45) is 7.03. The fraction of sp³-hybridized carbons (Fsp3) is 0.727. The van der Waals surface area contributed by atoms with E-state index in [4.69, 9.17) is 0 Å². The van der Waals surface area contributed by atoms with Gasteiger partial charge >= 0.3 is 0 Å². The first-order chi connectivity index (χ1) is 6.83. The molecule has 3 nitrogen and oxygen atoms in total. The lowest BCUT2D eigenvalue weighted by molar-refractivity contribution is 0.484. The van der Waals surface area contributed by atoms with Gasteiger partial charge in [0.1, 0.15) is 0 Å². The van der Waals surface area contributed by atoms with E-state index in [9.17, 15) is 0 Å². The largest absolute Gasteiger partial charge is 0.309 e. The molecule has 0 fully saturated rings. The lowest BCUT2D eigenvalue weighted by atomic mass is 10.1. The number of aromatic nitrogens is 2. The molecule has 0 spiro atoms. The highest BCUT2D eigenvalue weighted by Crippen LogP contribution is 2.03. The Morgan fingerprint density at radius 3 is 3.00 bits per heavy atom. The summed E-state index contributed by atoms with van der Waals surface area (Å²) < 4.78 is 0. The quantitative estimate of drug-likeness (QED) is 0.656. The lowest BCUT2D eigenvalue weighted by Gasteiger charge is -2.12. The first-order valence-electron chi connectivity index (χ1n) is 5.54. The van der Waals surface area contributed by atoms with Gasteiger partial charge < -0.3 is 5.32 Å². The standard InChI is InChI=1S/C11H21N3/c1-3-4-5-6-10(2)12-9-11-7-8-13-14-11/h7-8,10,12H,3-6,9H2,1-2H3,(H,13,14). The summed E-state index contributed by atoms with van der Waals surface area (Å²) in [7, 11) is 0. The van der Waals surface area contributed by atoms with Crippen molar-refractivity contribution in [1.29, 1.82) is 0 Å². The molecule has 0 radical (unpaired) electrons. The molecule has 0 aliphatic carbocycles. The van der Waals surface area contributed by atoms with Crippen LogP contribution < -0.4 is 5.32 Å². The molecule has 0 saturated carbocycles. The van der Waals surface area contributed by atoms with Gasteiger partial charge in [-0.1, -0.05) is 26.2 Å². The maximum atomic E-state index is 3.91. The molecule has 2 N–H and O–H groups in total. The molecule has 0 saturated heterocycles. The number of hydrogen-bond donors (Lipinski definition) is 2. The molecule has 1 aromatic rings. The van der Waals surface area contributed by atoms with Crippen LogP contribution in [-0.2, 0) is 6.54 Å². The molecule has 0 aliphatic heterocycles. The Balaban J connectivity index is 2.06. The van der Waals surface area contributed by atoms with Crippen LogP contribution >= 0.6 is 0 Å². The van der Waals surface area contributed by atoms with Crippen molar-refractivity contribution in [3.8, 4) is 0 Å². The molecule has 0 amide bonds. The average molecular weight is 195 g/mol. The van der Waals surface area contributed by atoms with Gasteiger partial charge in [0.25, 0.3) is 0 Å². The van der Waals surface area contributed by atoms with E-state index in [0.717, 1.165) is 12.2 Å². The zero-order valence-corrected chi connectivity index (χ0v) is 9.21. The van der Waals surface area contributed by atoms with Crippen LogP contribution in [0.1, 0.15) is 45.2 Å². The Labute approximate surface area is 86.3 Å². The van der Waals surface area contributed by atoms with Gasteiger partial charge in [-0.25, -0.2) is 0 Å². The summed E-state index contributed by atoms with van der Waals surface area (Å²) in [6, 6.07) is 2.61. The molecule has 0 aliphatic rings. The molecule has 1 rings (SSSR count). The monoisotopic (exact) mass is 195 g/mol. The third-order valence-electron chi connectivity index (χ3n) is 2.44. The van der Waals surface area contributed by atoms with Crippen LogP contribution in [0.4, 0.5) is 0 Å². The van der Waals surface area contributed by atoms with Crippen LogP contribution in [-0.4, -0.2) is 16.2 Å². The van der Waals surface area contributed by atoms with Crippen molar-refractivity contribution >= 4 is 0 Å². The SMILES string of the molecule is CCCCCC(C)NCc1ccn[nH]1. The third-order valence-corrected chi connectivity index (χ3v) is 2.44. The Kier molecular flexibility index (Phi) is 5.30. The summed E-state index contributed by atoms with van der Waals surface area (Å²) in [6.45, 7) is 5.38. The van der Waals surface area contributed by atoms with Gasteiger partial charge in [-0.2, -0.15) is 5.10 Å². The molecule has 14 heavy (non-hydrogen) atoms. The van der Waals surface area contributed by atoms with Crippen molar-refractivity contribution in [1.82, 2.24) is 15.5 Å². The van der Waals surface area contributed by atoms with Crippen LogP contribution in [0.15, 0.2) is 12.3 Å². The van der Waals surface area contributed by atoms with Crippen molar-refractivity contribution in [2.45, 2.75) is 52.1 Å². The van der Waals surface area contributed by atoms with Crippen molar-refractivity contribution in [2.75, 3.05) is 0 Å². The predicted octanol–water partition coefficient (Wildman–Crippen LogP) is 2.47. The number of hydrogen-bond acceptors (Lipinski definition) is 2. The molecule has 1 aromatic heterocycles. The first kappa shape index (κ1) is 11.2. The van der Waals surface area contributed by atoms with Crippen LogP contribution in [0.3, 0.4) is 0 Å². The highest BCUT2D eigenvalue weighted by atomic mass is 15.1. The smallest absolute Gasteiger partial charge is 0.0490 e. The van der Waals surface area contributed by atoms with Crippen molar-refractivity contribution in [3.05, 3.63) is 18.0 Å². The molecule has 0 bridgehead atoms. The second-order valence-corrected chi connectivity index (χ2v) is 3.86. The summed E-state index contributed by atoms with van der Waals surface area (Å²) >= 11 is 0. The average Bonchev–Trinajstić information content (AvgIpc) is 2.68. The van der Waals surface area contributed by atoms with Gasteiger partial charge in [-0.3, -0.25) is 5.10 Å². The van der Waals surface area contributed by atoms with Gasteiger partial charge in [0.05, 0.1) is 0 Å². The van der Waals surface area contributed by atoms with E-state index in [2.05, 4.69) is 29.4 Å². The molecule has 0 aromatic carbocycles. The summed E-state index contributed by atoms with van der Waals surface area (Å²) in [5.74, 6) is 0. The zero-order valence-electron chi connectivity index (χ0n) is 9.21. The minimum absolute atomic E-state index is 0.602. The maximum Gasteiger partial charge on any atom is 0.0490 e. The van der Waals surface area contributed by atoms with Gasteiger partial charge in [-0.15, -0.1) is 0 Å². The van der Waals surface area contributed by atoms with Gasteiger partial charge in [0.15, 0.2) is 0 Å². The molecule has 1 unspecified atom stereocenters. The zero-order chi connectivity index (χ0) is 10.2. The van der Waals surface area contributed by atoms with E-state index in [1.807, 2.05) is 6.07 Å². The molecule has 3 heteroatoms. The summed E-state index contributed by atoms with van der Waals surface area (Å²) in [5, 5.41) is 10.3. The Morgan fingerprint density at radius 1 is 1.50 bits per heavy atom. The highest BCUT2D eigenvalue weighted by Gasteiger charge is 2.01. The molecule has 1 atom stereocenters. The number of nitrogens with one attached hydrogen (secondary N) is 2. The minimum atomic E-state index is 0.602. The molecular formula is C11H21N3. The normalized spacial score (nSPS) is 13.0. The Morgan fingerprint density at radius 2 is 2.36 bits per heavy atom. The van der Waals surface area contributed by atoms with E-state index in [0.29, 0.717) is 6.04 Å². The highest BCUT2D eigenvalue weighted by molar-refractivity contribution is 4.96. The van der Waals surface area contributed by atoms with Crippen LogP contribution in [0.2, 0.25) is 0 Å². The number of nitrogens with zero attached hydrogens (tertiary/aromatic N) is 1.